The summed E-state index contributed by atoms with van der Waals surface area (Å²) in [7, 11) is 0. The summed E-state index contributed by atoms with van der Waals surface area (Å²) in [5.41, 5.74) is 9.28. The van der Waals surface area contributed by atoms with Gasteiger partial charge in [-0.1, -0.05) is 12.1 Å². The minimum absolute atomic E-state index is 0.120. The summed E-state index contributed by atoms with van der Waals surface area (Å²) in [6.07, 6.45) is 18.9. The Kier molecular flexibility index (Phi) is 9.60. The lowest BCUT2D eigenvalue weighted by molar-refractivity contribution is 0.473. The van der Waals surface area contributed by atoms with Crippen molar-refractivity contribution in [3.8, 4) is 44.8 Å². The van der Waals surface area contributed by atoms with Crippen LogP contribution in [0.1, 0.15) is 92.9 Å². The fraction of sp³-hybridized carbons (Fsp3) is 0.280. The van der Waals surface area contributed by atoms with Crippen LogP contribution in [0.3, 0.4) is 0 Å². The molecule has 2 aliphatic rings. The number of fused-ring (bicyclic) bond motifs is 2. The molecule has 0 spiro atoms. The first kappa shape index (κ1) is 40.8. The number of thiophene rings is 1. The van der Waals surface area contributed by atoms with E-state index in [1.54, 1.807) is 34.4 Å². The van der Waals surface area contributed by atoms with E-state index in [2.05, 4.69) is 63.1 Å². The molecular weight excluding hydrogens is 861 g/mol. The van der Waals surface area contributed by atoms with Crippen LogP contribution in [0.25, 0.3) is 66.6 Å². The fourth-order valence-electron chi connectivity index (χ4n) is 9.52. The number of benzene rings is 3. The van der Waals surface area contributed by atoms with Crippen molar-refractivity contribution in [1.29, 1.82) is 0 Å². The molecule has 0 amide bonds. The molecule has 67 heavy (non-hydrogen) atoms. The molecule has 10 aromatic rings. The van der Waals surface area contributed by atoms with Crippen LogP contribution in [0, 0.1) is 19.8 Å². The number of nitrogens with zero attached hydrogens (tertiary/aromatic N) is 14. The van der Waals surface area contributed by atoms with Crippen LogP contribution in [-0.2, 0) is 0 Å². The van der Waals surface area contributed by atoms with Gasteiger partial charge in [0.05, 0.1) is 73.5 Å². The largest absolute Gasteiger partial charge is 0.311 e. The number of rotatable bonds is 12. The quantitative estimate of drug-likeness (QED) is 0.116. The molecule has 3 aromatic carbocycles. The van der Waals surface area contributed by atoms with Gasteiger partial charge >= 0.3 is 0 Å². The second kappa shape index (κ2) is 15.8. The van der Waals surface area contributed by atoms with E-state index in [9.17, 15) is 9.59 Å². The Morgan fingerprint density at radius 3 is 1.97 bits per heavy atom. The molecular formula is C50H46N14O2S. The molecule has 0 radical (unpaired) electrons. The third kappa shape index (κ3) is 7.20. The summed E-state index contributed by atoms with van der Waals surface area (Å²) in [5.74, 6) is 2.80. The van der Waals surface area contributed by atoms with E-state index in [0.29, 0.717) is 45.2 Å². The highest BCUT2D eigenvalue weighted by Crippen LogP contribution is 2.51. The summed E-state index contributed by atoms with van der Waals surface area (Å²) in [6, 6.07) is 17.8. The van der Waals surface area contributed by atoms with Crippen LogP contribution in [0.5, 0.6) is 0 Å². The topological polar surface area (TPSA) is 167 Å². The molecule has 0 saturated heterocycles. The van der Waals surface area contributed by atoms with Crippen LogP contribution < -0.4 is 11.1 Å². The predicted molar refractivity (Wildman–Crippen MR) is 257 cm³/mol. The van der Waals surface area contributed by atoms with E-state index in [0.717, 1.165) is 74.5 Å². The molecule has 3 atom stereocenters. The number of hydrogen-bond acceptors (Lipinski definition) is 11. The standard InChI is InChI=1S/C50H46N14O2S/c1-28(2)61-26-55-57-47(61)33-7-6-8-35(14-33)63-24-53-40-12-30(4)45(17-38(40)49(63)65)60-20-43(52-23-60)37-15-34(37)13-31(5)62-27-56-58-48(62)46-16-36(21-67-46)64-25-54-41-11-29(3)44(18-39(41)50(64)66)59-19-42(51-22-59)32-9-10-32/h6-8,11-12,14,16-28,31-32,34,37H,9-10,13,15H2,1-5H3. The zero-order valence-electron chi connectivity index (χ0n) is 37.6. The Balaban J connectivity index is 0.752. The van der Waals surface area contributed by atoms with E-state index in [1.807, 2.05) is 100 Å². The average Bonchev–Trinajstić information content (AvgIpc) is 3.81. The highest BCUT2D eigenvalue weighted by atomic mass is 32.1. The van der Waals surface area contributed by atoms with Crippen molar-refractivity contribution < 1.29 is 0 Å². The lowest BCUT2D eigenvalue weighted by Crippen LogP contribution is -2.19. The Hall–Kier alpha value is -7.66. The molecule has 334 valence electrons. The zero-order valence-corrected chi connectivity index (χ0v) is 38.4. The number of imidazole rings is 2. The fourth-order valence-corrected chi connectivity index (χ4v) is 10.4. The maximum absolute atomic E-state index is 14.1. The van der Waals surface area contributed by atoms with Gasteiger partial charge in [-0.25, -0.2) is 19.9 Å². The van der Waals surface area contributed by atoms with Crippen LogP contribution in [0.4, 0.5) is 0 Å². The highest BCUT2D eigenvalue weighted by Gasteiger charge is 2.41. The van der Waals surface area contributed by atoms with E-state index in [-0.39, 0.29) is 23.2 Å². The molecule has 2 saturated carbocycles. The van der Waals surface area contributed by atoms with Crippen molar-refractivity contribution in [3.63, 3.8) is 0 Å². The molecule has 3 unspecified atom stereocenters. The normalized spacial score (nSPS) is 16.4. The summed E-state index contributed by atoms with van der Waals surface area (Å²) in [4.78, 5) is 48.0. The molecule has 17 heteroatoms. The first-order valence-corrected chi connectivity index (χ1v) is 23.6. The van der Waals surface area contributed by atoms with Gasteiger partial charge in [-0.2, -0.15) is 0 Å². The Morgan fingerprint density at radius 2 is 1.30 bits per heavy atom. The van der Waals surface area contributed by atoms with Crippen molar-refractivity contribution >= 4 is 33.1 Å². The van der Waals surface area contributed by atoms with E-state index < -0.39 is 0 Å². The van der Waals surface area contributed by atoms with Crippen molar-refractivity contribution in [2.45, 2.75) is 84.2 Å². The molecule has 2 aliphatic carbocycles. The first-order valence-electron chi connectivity index (χ1n) is 22.7. The zero-order chi connectivity index (χ0) is 45.7. The minimum Gasteiger partial charge on any atom is -0.311 e. The van der Waals surface area contributed by atoms with Crippen molar-refractivity contribution in [2.75, 3.05) is 0 Å². The number of hydrogen-bond donors (Lipinski definition) is 0. The smallest absolute Gasteiger partial charge is 0.265 e. The number of aryl methyl sites for hydroxylation is 2. The maximum Gasteiger partial charge on any atom is 0.265 e. The van der Waals surface area contributed by atoms with Crippen molar-refractivity contribution in [1.82, 2.24) is 67.7 Å². The van der Waals surface area contributed by atoms with Crippen LogP contribution in [0.2, 0.25) is 0 Å². The summed E-state index contributed by atoms with van der Waals surface area (Å²) >= 11 is 1.53. The SMILES string of the molecule is Cc1cc2ncn(-c3csc(-c4nncn4C(C)CC4CC4c4cn(-c5cc6c(=O)n(-c7cccc(-c8nncn8C(C)C)c7)cnc6cc5C)cn4)c3)c(=O)c2cc1-n1cnc(C2CC2)c1. The van der Waals surface area contributed by atoms with Gasteiger partial charge in [-0.3, -0.25) is 18.7 Å². The van der Waals surface area contributed by atoms with Gasteiger partial charge in [0.15, 0.2) is 11.6 Å². The molecule has 2 fully saturated rings. The molecule has 12 rings (SSSR count). The lowest BCUT2D eigenvalue weighted by Gasteiger charge is -2.14. The minimum atomic E-state index is -0.158. The average molecular weight is 907 g/mol. The third-order valence-electron chi connectivity index (χ3n) is 13.5. The Labute approximate surface area is 387 Å². The molecule has 16 nitrogen and oxygen atoms in total. The Bertz CT molecular complexity index is 3670. The molecule has 0 N–H and O–H groups in total. The van der Waals surface area contributed by atoms with Crippen LogP contribution >= 0.6 is 11.3 Å². The van der Waals surface area contributed by atoms with Gasteiger partial charge in [-0.15, -0.1) is 31.7 Å². The monoisotopic (exact) mass is 906 g/mol. The summed E-state index contributed by atoms with van der Waals surface area (Å²) in [6.45, 7) is 10.4. The first-order chi connectivity index (χ1) is 32.6. The molecule has 0 bridgehead atoms. The van der Waals surface area contributed by atoms with Gasteiger partial charge in [0.1, 0.15) is 25.3 Å². The molecule has 7 heterocycles. The highest BCUT2D eigenvalue weighted by molar-refractivity contribution is 7.13. The van der Waals surface area contributed by atoms with Crippen molar-refractivity contribution in [3.05, 3.63) is 154 Å². The maximum atomic E-state index is 14.1. The van der Waals surface area contributed by atoms with Gasteiger partial charge < -0.3 is 18.3 Å². The van der Waals surface area contributed by atoms with Gasteiger partial charge in [0.25, 0.3) is 11.1 Å². The second-order valence-electron chi connectivity index (χ2n) is 18.5. The van der Waals surface area contributed by atoms with E-state index in [4.69, 9.17) is 15.0 Å². The summed E-state index contributed by atoms with van der Waals surface area (Å²) in [5, 5.41) is 20.4. The van der Waals surface area contributed by atoms with Crippen LogP contribution in [0.15, 0.2) is 120 Å². The van der Waals surface area contributed by atoms with E-state index in [1.165, 1.54) is 24.2 Å². The van der Waals surface area contributed by atoms with Gasteiger partial charge in [0.2, 0.25) is 0 Å². The Morgan fingerprint density at radius 1 is 0.672 bits per heavy atom. The van der Waals surface area contributed by atoms with Gasteiger partial charge in [0, 0.05) is 47.3 Å². The van der Waals surface area contributed by atoms with E-state index >= 15 is 0 Å². The predicted octanol–water partition coefficient (Wildman–Crippen LogP) is 8.86. The summed E-state index contributed by atoms with van der Waals surface area (Å²) < 4.78 is 11.4. The third-order valence-corrected chi connectivity index (χ3v) is 14.4. The van der Waals surface area contributed by atoms with Gasteiger partial charge in [-0.05, 0) is 120 Å². The molecule has 7 aromatic heterocycles. The lowest BCUT2D eigenvalue weighted by atomic mass is 10.1. The van der Waals surface area contributed by atoms with Crippen molar-refractivity contribution in [2.24, 2.45) is 5.92 Å². The second-order valence-corrected chi connectivity index (χ2v) is 19.4. The van der Waals surface area contributed by atoms with Crippen LogP contribution in [-0.4, -0.2) is 67.7 Å². The number of aromatic nitrogens is 14. The molecule has 0 aliphatic heterocycles.